The third-order valence-corrected chi connectivity index (χ3v) is 4.48. The van der Waals surface area contributed by atoms with Crippen LogP contribution in [0.3, 0.4) is 0 Å². The van der Waals surface area contributed by atoms with E-state index in [1.807, 2.05) is 60.7 Å². The zero-order chi connectivity index (χ0) is 20.6. The predicted octanol–water partition coefficient (Wildman–Crippen LogP) is 5.32. The first-order valence-corrected chi connectivity index (χ1v) is 9.55. The van der Waals surface area contributed by atoms with Crippen molar-refractivity contribution in [1.82, 2.24) is 10.4 Å². The Morgan fingerprint density at radius 2 is 1.37 bits per heavy atom. The average molecular weight is 392 g/mol. The van der Waals surface area contributed by atoms with Crippen molar-refractivity contribution in [3.05, 3.63) is 121 Å². The number of amides is 1. The van der Waals surface area contributed by atoms with Crippen LogP contribution in [0.1, 0.15) is 15.9 Å². The molecule has 0 aliphatic carbocycles. The number of pyridine rings is 1. The van der Waals surface area contributed by atoms with Crippen molar-refractivity contribution >= 4 is 29.2 Å². The highest BCUT2D eigenvalue weighted by atomic mass is 16.2. The van der Waals surface area contributed by atoms with Gasteiger partial charge in [-0.2, -0.15) is 5.10 Å². The lowest BCUT2D eigenvalue weighted by Gasteiger charge is -2.25. The van der Waals surface area contributed by atoms with Gasteiger partial charge in [0.05, 0.1) is 11.8 Å². The molecule has 0 aliphatic rings. The number of rotatable bonds is 6. The van der Waals surface area contributed by atoms with Gasteiger partial charge in [0.25, 0.3) is 5.91 Å². The summed E-state index contributed by atoms with van der Waals surface area (Å²) in [6.07, 6.45) is 4.74. The Morgan fingerprint density at radius 3 is 1.93 bits per heavy atom. The maximum Gasteiger partial charge on any atom is 0.272 e. The average Bonchev–Trinajstić information content (AvgIpc) is 2.82. The predicted molar refractivity (Wildman–Crippen MR) is 120 cm³/mol. The summed E-state index contributed by atoms with van der Waals surface area (Å²) in [6, 6.07) is 31.8. The van der Waals surface area contributed by atoms with E-state index in [4.69, 9.17) is 0 Å². The molecule has 0 aliphatic heterocycles. The first-order chi connectivity index (χ1) is 14.8. The van der Waals surface area contributed by atoms with Crippen LogP contribution < -0.4 is 10.3 Å². The summed E-state index contributed by atoms with van der Waals surface area (Å²) >= 11 is 0. The number of benzene rings is 3. The highest BCUT2D eigenvalue weighted by Crippen LogP contribution is 2.33. The zero-order valence-corrected chi connectivity index (χ0v) is 16.2. The van der Waals surface area contributed by atoms with Crippen molar-refractivity contribution < 1.29 is 4.79 Å². The fraction of sp³-hybridized carbons (Fsp3) is 0. The van der Waals surface area contributed by atoms with Gasteiger partial charge < -0.3 is 4.90 Å². The third-order valence-electron chi connectivity index (χ3n) is 4.48. The maximum absolute atomic E-state index is 12.0. The van der Waals surface area contributed by atoms with Crippen LogP contribution in [0.25, 0.3) is 0 Å². The Balaban J connectivity index is 1.52. The van der Waals surface area contributed by atoms with Gasteiger partial charge in [-0.3, -0.25) is 9.78 Å². The maximum atomic E-state index is 12.0. The van der Waals surface area contributed by atoms with Crippen molar-refractivity contribution in [2.45, 2.75) is 0 Å². The highest BCUT2D eigenvalue weighted by Gasteiger charge is 2.11. The Hall–Kier alpha value is -4.25. The van der Waals surface area contributed by atoms with Crippen molar-refractivity contribution in [3.63, 3.8) is 0 Å². The van der Waals surface area contributed by atoms with E-state index in [1.165, 1.54) is 6.20 Å². The van der Waals surface area contributed by atoms with E-state index in [-0.39, 0.29) is 5.91 Å². The van der Waals surface area contributed by atoms with Gasteiger partial charge >= 0.3 is 0 Å². The second-order valence-corrected chi connectivity index (χ2v) is 6.54. The SMILES string of the molecule is O=C(N/N=C\c1ccc(N(c2ccccc2)c2ccccc2)cc1)c1cccnc1. The van der Waals surface area contributed by atoms with Crippen LogP contribution in [-0.4, -0.2) is 17.1 Å². The zero-order valence-electron chi connectivity index (χ0n) is 16.2. The quantitative estimate of drug-likeness (QED) is 0.357. The van der Waals surface area contributed by atoms with Crippen LogP contribution in [0.4, 0.5) is 17.1 Å². The van der Waals surface area contributed by atoms with Gasteiger partial charge in [-0.05, 0) is 54.1 Å². The monoisotopic (exact) mass is 392 g/mol. The Morgan fingerprint density at radius 1 is 0.767 bits per heavy atom. The number of aromatic nitrogens is 1. The van der Waals surface area contributed by atoms with Crippen LogP contribution in [-0.2, 0) is 0 Å². The third kappa shape index (κ3) is 4.59. The number of carbonyl (C=O) groups excluding carboxylic acids is 1. The van der Waals surface area contributed by atoms with Gasteiger partial charge in [0.15, 0.2) is 0 Å². The van der Waals surface area contributed by atoms with Crippen molar-refractivity contribution in [2.75, 3.05) is 4.90 Å². The molecule has 0 atom stereocenters. The molecule has 4 rings (SSSR count). The second kappa shape index (κ2) is 9.30. The Kier molecular flexibility index (Phi) is 5.91. The molecule has 3 aromatic carbocycles. The lowest BCUT2D eigenvalue weighted by atomic mass is 10.1. The molecule has 0 radical (unpaired) electrons. The Labute approximate surface area is 175 Å². The number of hydrazone groups is 1. The molecule has 146 valence electrons. The molecule has 1 N–H and O–H groups in total. The van der Waals surface area contributed by atoms with Crippen LogP contribution in [0.2, 0.25) is 0 Å². The number of nitrogens with zero attached hydrogens (tertiary/aromatic N) is 3. The number of hydrogen-bond acceptors (Lipinski definition) is 4. The van der Waals surface area contributed by atoms with Crippen molar-refractivity contribution in [2.24, 2.45) is 5.10 Å². The Bertz CT molecular complexity index is 1070. The summed E-state index contributed by atoms with van der Waals surface area (Å²) in [5, 5.41) is 4.04. The van der Waals surface area contributed by atoms with E-state index < -0.39 is 0 Å². The van der Waals surface area contributed by atoms with Gasteiger partial charge in [-0.15, -0.1) is 0 Å². The number of para-hydroxylation sites is 2. The fourth-order valence-electron chi connectivity index (χ4n) is 3.04. The first-order valence-electron chi connectivity index (χ1n) is 9.55. The lowest BCUT2D eigenvalue weighted by molar-refractivity contribution is 0.0955. The normalized spacial score (nSPS) is 10.7. The topological polar surface area (TPSA) is 57.6 Å². The number of anilines is 3. The molecule has 1 heterocycles. The second-order valence-electron chi connectivity index (χ2n) is 6.54. The molecular weight excluding hydrogens is 372 g/mol. The number of carbonyl (C=O) groups is 1. The van der Waals surface area contributed by atoms with Crippen molar-refractivity contribution in [3.8, 4) is 0 Å². The largest absolute Gasteiger partial charge is 0.311 e. The standard InChI is InChI=1S/C25H20N4O/c30-25(21-8-7-17-26-19-21)28-27-18-20-13-15-24(16-14-20)29(22-9-3-1-4-10-22)23-11-5-2-6-12-23/h1-19H,(H,28,30)/b27-18-. The van der Waals surface area contributed by atoms with E-state index in [9.17, 15) is 4.79 Å². The molecule has 1 amide bonds. The van der Waals surface area contributed by atoms with E-state index >= 15 is 0 Å². The lowest BCUT2D eigenvalue weighted by Crippen LogP contribution is -2.17. The minimum absolute atomic E-state index is 0.296. The summed E-state index contributed by atoms with van der Waals surface area (Å²) in [6.45, 7) is 0. The van der Waals surface area contributed by atoms with Gasteiger partial charge in [0.1, 0.15) is 0 Å². The van der Waals surface area contributed by atoms with Gasteiger partial charge in [-0.25, -0.2) is 5.43 Å². The summed E-state index contributed by atoms with van der Waals surface area (Å²) in [5.74, 6) is -0.296. The summed E-state index contributed by atoms with van der Waals surface area (Å²) in [7, 11) is 0. The molecule has 30 heavy (non-hydrogen) atoms. The summed E-state index contributed by atoms with van der Waals surface area (Å²) in [5.41, 5.74) is 7.05. The molecular formula is C25H20N4O. The summed E-state index contributed by atoms with van der Waals surface area (Å²) in [4.78, 5) is 18.1. The van der Waals surface area contributed by atoms with E-state index in [0.29, 0.717) is 5.56 Å². The molecule has 0 bridgehead atoms. The molecule has 0 saturated carbocycles. The van der Waals surface area contributed by atoms with E-state index in [0.717, 1.165) is 22.6 Å². The minimum Gasteiger partial charge on any atom is -0.311 e. The van der Waals surface area contributed by atoms with Crippen molar-refractivity contribution in [1.29, 1.82) is 0 Å². The number of nitrogens with one attached hydrogen (secondary N) is 1. The molecule has 4 aromatic rings. The van der Waals surface area contributed by atoms with Gasteiger partial charge in [0, 0.05) is 29.5 Å². The molecule has 5 nitrogen and oxygen atoms in total. The molecule has 0 saturated heterocycles. The molecule has 0 spiro atoms. The molecule has 0 fully saturated rings. The van der Waals surface area contributed by atoms with Crippen LogP contribution in [0, 0.1) is 0 Å². The van der Waals surface area contributed by atoms with Gasteiger partial charge in [-0.1, -0.05) is 48.5 Å². The summed E-state index contributed by atoms with van der Waals surface area (Å²) < 4.78 is 0. The first kappa shape index (κ1) is 19.1. The fourth-order valence-corrected chi connectivity index (χ4v) is 3.04. The molecule has 0 unspecified atom stereocenters. The van der Waals surface area contributed by atoms with E-state index in [2.05, 4.69) is 44.7 Å². The smallest absolute Gasteiger partial charge is 0.272 e. The number of hydrogen-bond donors (Lipinski definition) is 1. The van der Waals surface area contributed by atoms with Crippen LogP contribution in [0.15, 0.2) is 115 Å². The van der Waals surface area contributed by atoms with Crippen LogP contribution >= 0.6 is 0 Å². The molecule has 1 aromatic heterocycles. The highest BCUT2D eigenvalue weighted by molar-refractivity contribution is 5.94. The minimum atomic E-state index is -0.296. The van der Waals surface area contributed by atoms with Gasteiger partial charge in [0.2, 0.25) is 0 Å². The van der Waals surface area contributed by atoms with E-state index in [1.54, 1.807) is 24.5 Å². The van der Waals surface area contributed by atoms with Crippen LogP contribution in [0.5, 0.6) is 0 Å². The molecule has 5 heteroatoms.